The summed E-state index contributed by atoms with van der Waals surface area (Å²) in [6.07, 6.45) is 2.05. The molecule has 1 saturated heterocycles. The van der Waals surface area contributed by atoms with Crippen molar-refractivity contribution >= 4 is 16.9 Å². The Kier molecular flexibility index (Phi) is 3.18. The van der Waals surface area contributed by atoms with Crippen LogP contribution in [0.5, 0.6) is 0 Å². The number of furan rings is 1. The number of rotatable bonds is 2. The molecule has 6 nitrogen and oxygen atoms in total. The lowest BCUT2D eigenvalue weighted by Crippen LogP contribution is -2.27. The van der Waals surface area contributed by atoms with E-state index < -0.39 is 0 Å². The second-order valence-electron chi connectivity index (χ2n) is 5.97. The molecule has 3 aromatic rings. The van der Waals surface area contributed by atoms with Crippen molar-refractivity contribution in [2.45, 2.75) is 26.7 Å². The van der Waals surface area contributed by atoms with Gasteiger partial charge in [-0.05, 0) is 38.8 Å². The molecule has 1 amide bonds. The van der Waals surface area contributed by atoms with Crippen LogP contribution in [0.15, 0.2) is 27.0 Å². The number of carbonyl (C=O) groups excluding carboxylic acids is 1. The fourth-order valence-corrected chi connectivity index (χ4v) is 3.00. The number of aryl methyl sites for hydroxylation is 2. The fourth-order valence-electron chi connectivity index (χ4n) is 3.00. The smallest absolute Gasteiger partial charge is 0.311 e. The summed E-state index contributed by atoms with van der Waals surface area (Å²) in [5.74, 6) is 0.598. The van der Waals surface area contributed by atoms with Gasteiger partial charge in [0.15, 0.2) is 5.76 Å². The zero-order valence-electron chi connectivity index (χ0n) is 13.1. The van der Waals surface area contributed by atoms with Gasteiger partial charge >= 0.3 is 11.8 Å². The van der Waals surface area contributed by atoms with Crippen molar-refractivity contribution in [2.75, 3.05) is 13.1 Å². The normalized spacial score (nSPS) is 14.8. The highest BCUT2D eigenvalue weighted by molar-refractivity contribution is 5.90. The van der Waals surface area contributed by atoms with Crippen LogP contribution in [0.3, 0.4) is 0 Å². The zero-order chi connectivity index (χ0) is 16.0. The van der Waals surface area contributed by atoms with E-state index in [2.05, 4.69) is 16.3 Å². The van der Waals surface area contributed by atoms with Gasteiger partial charge in [-0.15, -0.1) is 10.2 Å². The molecule has 6 heteroatoms. The molecule has 118 valence electrons. The van der Waals surface area contributed by atoms with Gasteiger partial charge in [0.05, 0.1) is 0 Å². The third kappa shape index (κ3) is 2.30. The summed E-state index contributed by atoms with van der Waals surface area (Å²) in [5.41, 5.74) is 2.87. The van der Waals surface area contributed by atoms with Crippen LogP contribution in [0.25, 0.3) is 22.6 Å². The SMILES string of the molecule is Cc1ccc2oc(-c3nnc(C(=O)N4CCCC4)o3)c(C)c2c1. The van der Waals surface area contributed by atoms with Crippen LogP contribution in [-0.2, 0) is 0 Å². The van der Waals surface area contributed by atoms with Crippen LogP contribution in [0.1, 0.15) is 34.7 Å². The Balaban J connectivity index is 1.71. The fraction of sp³-hybridized carbons (Fsp3) is 0.353. The highest BCUT2D eigenvalue weighted by Crippen LogP contribution is 2.32. The first-order chi connectivity index (χ1) is 11.1. The molecule has 0 atom stereocenters. The largest absolute Gasteiger partial charge is 0.451 e. The van der Waals surface area contributed by atoms with Crippen molar-refractivity contribution in [1.82, 2.24) is 15.1 Å². The zero-order valence-corrected chi connectivity index (χ0v) is 13.1. The summed E-state index contributed by atoms with van der Waals surface area (Å²) < 4.78 is 11.4. The molecule has 0 N–H and O–H groups in total. The highest BCUT2D eigenvalue weighted by Gasteiger charge is 2.26. The van der Waals surface area contributed by atoms with Gasteiger partial charge in [0.1, 0.15) is 5.58 Å². The summed E-state index contributed by atoms with van der Waals surface area (Å²) in [7, 11) is 0. The van der Waals surface area contributed by atoms with E-state index in [-0.39, 0.29) is 17.7 Å². The molecule has 1 aliphatic rings. The quantitative estimate of drug-likeness (QED) is 0.726. The predicted molar refractivity (Wildman–Crippen MR) is 84.1 cm³/mol. The summed E-state index contributed by atoms with van der Waals surface area (Å²) >= 11 is 0. The van der Waals surface area contributed by atoms with E-state index in [4.69, 9.17) is 8.83 Å². The molecule has 0 unspecified atom stereocenters. The molecular weight excluding hydrogens is 294 g/mol. The molecular formula is C17H17N3O3. The summed E-state index contributed by atoms with van der Waals surface area (Å²) in [4.78, 5) is 14.0. The van der Waals surface area contributed by atoms with Gasteiger partial charge < -0.3 is 13.7 Å². The van der Waals surface area contributed by atoms with Crippen LogP contribution in [0.4, 0.5) is 0 Å². The summed E-state index contributed by atoms with van der Waals surface area (Å²) in [5, 5.41) is 8.92. The molecule has 1 aromatic carbocycles. The number of fused-ring (bicyclic) bond motifs is 1. The minimum atomic E-state index is -0.203. The van der Waals surface area contributed by atoms with Gasteiger partial charge in [0.2, 0.25) is 0 Å². The average molecular weight is 311 g/mol. The Bertz CT molecular complexity index is 888. The van der Waals surface area contributed by atoms with E-state index in [1.165, 1.54) is 0 Å². The van der Waals surface area contributed by atoms with Crippen LogP contribution in [-0.4, -0.2) is 34.1 Å². The van der Waals surface area contributed by atoms with E-state index in [9.17, 15) is 4.79 Å². The summed E-state index contributed by atoms with van der Waals surface area (Å²) in [6.45, 7) is 5.48. The van der Waals surface area contributed by atoms with Gasteiger partial charge in [-0.2, -0.15) is 0 Å². The monoisotopic (exact) mass is 311 g/mol. The molecule has 3 heterocycles. The van der Waals surface area contributed by atoms with Crippen molar-refractivity contribution in [1.29, 1.82) is 0 Å². The van der Waals surface area contributed by atoms with Crippen molar-refractivity contribution in [3.8, 4) is 11.7 Å². The summed E-state index contributed by atoms with van der Waals surface area (Å²) in [6, 6.07) is 5.98. The van der Waals surface area contributed by atoms with Crippen molar-refractivity contribution in [2.24, 2.45) is 0 Å². The number of amides is 1. The number of benzene rings is 1. The topological polar surface area (TPSA) is 72.4 Å². The maximum absolute atomic E-state index is 12.3. The standard InChI is InChI=1S/C17H17N3O3/c1-10-5-6-13-12(9-10)11(2)14(22-13)15-18-19-16(23-15)17(21)20-7-3-4-8-20/h5-6,9H,3-4,7-8H2,1-2H3. The molecule has 1 fully saturated rings. The Morgan fingerprint density at radius 2 is 1.91 bits per heavy atom. The molecule has 1 aliphatic heterocycles. The minimum Gasteiger partial charge on any atom is -0.451 e. The number of carbonyl (C=O) groups is 1. The lowest BCUT2D eigenvalue weighted by atomic mass is 10.1. The molecule has 0 aliphatic carbocycles. The van der Waals surface area contributed by atoms with Gasteiger partial charge in [0, 0.05) is 24.0 Å². The number of likely N-dealkylation sites (tertiary alicyclic amines) is 1. The second-order valence-corrected chi connectivity index (χ2v) is 5.97. The van der Waals surface area contributed by atoms with E-state index in [1.807, 2.05) is 26.0 Å². The minimum absolute atomic E-state index is 0.0259. The van der Waals surface area contributed by atoms with E-state index in [0.717, 1.165) is 48.0 Å². The number of aromatic nitrogens is 2. The first-order valence-electron chi connectivity index (χ1n) is 7.76. The number of hydrogen-bond acceptors (Lipinski definition) is 5. The molecule has 0 spiro atoms. The van der Waals surface area contributed by atoms with Gasteiger partial charge in [0.25, 0.3) is 5.89 Å². The van der Waals surface area contributed by atoms with Crippen molar-refractivity contribution in [3.05, 3.63) is 35.2 Å². The third-order valence-electron chi connectivity index (χ3n) is 4.29. The molecule has 4 rings (SSSR count). The Hall–Kier alpha value is -2.63. The van der Waals surface area contributed by atoms with Crippen LogP contribution in [0, 0.1) is 13.8 Å². The number of nitrogens with zero attached hydrogens (tertiary/aromatic N) is 3. The van der Waals surface area contributed by atoms with Crippen LogP contribution in [0.2, 0.25) is 0 Å². The lowest BCUT2D eigenvalue weighted by Gasteiger charge is -2.11. The second kappa shape index (κ2) is 5.22. The predicted octanol–water partition coefficient (Wildman–Crippen LogP) is 3.34. The Morgan fingerprint density at radius 3 is 2.70 bits per heavy atom. The van der Waals surface area contributed by atoms with Crippen LogP contribution >= 0.6 is 0 Å². The van der Waals surface area contributed by atoms with Gasteiger partial charge in [-0.1, -0.05) is 11.6 Å². The van der Waals surface area contributed by atoms with Gasteiger partial charge in [-0.3, -0.25) is 4.79 Å². The maximum atomic E-state index is 12.3. The first kappa shape index (κ1) is 14.0. The third-order valence-corrected chi connectivity index (χ3v) is 4.29. The Morgan fingerprint density at radius 1 is 1.13 bits per heavy atom. The Labute approximate surface area is 133 Å². The van der Waals surface area contributed by atoms with E-state index in [1.54, 1.807) is 4.90 Å². The molecule has 0 bridgehead atoms. The maximum Gasteiger partial charge on any atom is 0.311 e. The average Bonchev–Trinajstić information content (AvgIpc) is 3.27. The molecule has 0 radical (unpaired) electrons. The van der Waals surface area contributed by atoms with Crippen molar-refractivity contribution in [3.63, 3.8) is 0 Å². The molecule has 2 aromatic heterocycles. The lowest BCUT2D eigenvalue weighted by molar-refractivity contribution is 0.0754. The van der Waals surface area contributed by atoms with Crippen LogP contribution < -0.4 is 0 Å². The first-order valence-corrected chi connectivity index (χ1v) is 7.76. The van der Waals surface area contributed by atoms with Gasteiger partial charge in [-0.25, -0.2) is 0 Å². The highest BCUT2D eigenvalue weighted by atomic mass is 16.4. The van der Waals surface area contributed by atoms with E-state index >= 15 is 0 Å². The van der Waals surface area contributed by atoms with E-state index in [0.29, 0.717) is 5.76 Å². The molecule has 23 heavy (non-hydrogen) atoms. The number of hydrogen-bond donors (Lipinski definition) is 0. The molecule has 0 saturated carbocycles. The van der Waals surface area contributed by atoms with Crippen molar-refractivity contribution < 1.29 is 13.6 Å².